The van der Waals surface area contributed by atoms with Crippen LogP contribution in [0.4, 0.5) is 0 Å². The fraction of sp³-hybridized carbons (Fsp3) is 1.00. The zero-order valence-corrected chi connectivity index (χ0v) is 8.71. The lowest BCUT2D eigenvalue weighted by molar-refractivity contribution is 0.445. The quantitative estimate of drug-likeness (QED) is 0.703. The molecule has 0 aromatic heterocycles. The Bertz CT molecular complexity index is 255. The summed E-state index contributed by atoms with van der Waals surface area (Å²) in [4.78, 5) is 0. The molecule has 0 aromatic rings. The number of rotatable bonds is 3. The van der Waals surface area contributed by atoms with E-state index in [1.165, 1.54) is 25.7 Å². The number of nitrogens with two attached hydrogens (primary N) is 1. The third-order valence-corrected chi connectivity index (χ3v) is 5.32. The van der Waals surface area contributed by atoms with Crippen molar-refractivity contribution in [2.24, 2.45) is 29.4 Å². The largest absolute Gasteiger partial charge is 0.324 e. The van der Waals surface area contributed by atoms with Gasteiger partial charge in [0.15, 0.2) is 0 Å². The molecule has 2 bridgehead atoms. The minimum atomic E-state index is 0.204. The smallest absolute Gasteiger partial charge is 0.0282 e. The number of hydrogen-bond donors (Lipinski definition) is 2. The van der Waals surface area contributed by atoms with E-state index >= 15 is 0 Å². The van der Waals surface area contributed by atoms with Crippen molar-refractivity contribution >= 4 is 0 Å². The van der Waals surface area contributed by atoms with Gasteiger partial charge in [-0.05, 0) is 55.8 Å². The standard InChI is InChI=1S/C12H20N2/c13-12(3-4-12)6-14-11-9-7-1-2-8(5-7)10(9)11/h7-11,14H,1-6,13H2. The van der Waals surface area contributed by atoms with E-state index in [0.29, 0.717) is 0 Å². The number of fused-ring (bicyclic) bond motifs is 5. The molecule has 0 spiro atoms. The SMILES string of the molecule is NC1(CNC2C3C4CCC(C4)C23)CC1. The summed E-state index contributed by atoms with van der Waals surface area (Å²) in [5.41, 5.74) is 6.30. The van der Waals surface area contributed by atoms with Gasteiger partial charge in [-0.15, -0.1) is 0 Å². The van der Waals surface area contributed by atoms with E-state index in [2.05, 4.69) is 5.32 Å². The molecule has 14 heavy (non-hydrogen) atoms. The number of nitrogens with one attached hydrogen (secondary N) is 1. The molecule has 4 saturated carbocycles. The molecule has 2 nitrogen and oxygen atoms in total. The molecule has 0 aromatic carbocycles. The van der Waals surface area contributed by atoms with Crippen LogP contribution < -0.4 is 11.1 Å². The van der Waals surface area contributed by atoms with E-state index in [0.717, 1.165) is 36.3 Å². The molecule has 0 heterocycles. The fourth-order valence-electron chi connectivity index (χ4n) is 4.26. The van der Waals surface area contributed by atoms with Crippen molar-refractivity contribution < 1.29 is 0 Å². The van der Waals surface area contributed by atoms with Crippen molar-refractivity contribution in [3.63, 3.8) is 0 Å². The van der Waals surface area contributed by atoms with Crippen molar-refractivity contribution in [2.75, 3.05) is 6.54 Å². The summed E-state index contributed by atoms with van der Waals surface area (Å²) < 4.78 is 0. The molecule has 78 valence electrons. The second-order valence-electron chi connectivity index (χ2n) is 6.26. The molecule has 0 saturated heterocycles. The molecule has 4 rings (SSSR count). The minimum Gasteiger partial charge on any atom is -0.324 e. The van der Waals surface area contributed by atoms with Gasteiger partial charge in [0.1, 0.15) is 0 Å². The van der Waals surface area contributed by atoms with Crippen LogP contribution in [0.1, 0.15) is 32.1 Å². The van der Waals surface area contributed by atoms with Gasteiger partial charge in [-0.1, -0.05) is 0 Å². The maximum Gasteiger partial charge on any atom is 0.0282 e. The maximum atomic E-state index is 6.10. The monoisotopic (exact) mass is 192 g/mol. The molecule has 2 heteroatoms. The van der Waals surface area contributed by atoms with Crippen LogP contribution in [0, 0.1) is 23.7 Å². The molecule has 4 unspecified atom stereocenters. The molecule has 0 amide bonds. The molecule has 4 atom stereocenters. The van der Waals surface area contributed by atoms with Crippen molar-refractivity contribution in [1.82, 2.24) is 5.32 Å². The first kappa shape index (κ1) is 8.12. The minimum absolute atomic E-state index is 0.204. The van der Waals surface area contributed by atoms with E-state index in [-0.39, 0.29) is 5.54 Å². The highest BCUT2D eigenvalue weighted by Crippen LogP contribution is 2.65. The summed E-state index contributed by atoms with van der Waals surface area (Å²) in [5.74, 6) is 4.32. The van der Waals surface area contributed by atoms with Gasteiger partial charge in [-0.2, -0.15) is 0 Å². The maximum absolute atomic E-state index is 6.10. The van der Waals surface area contributed by atoms with E-state index in [4.69, 9.17) is 5.73 Å². The van der Waals surface area contributed by atoms with Gasteiger partial charge in [-0.25, -0.2) is 0 Å². The van der Waals surface area contributed by atoms with Crippen LogP contribution in [0.25, 0.3) is 0 Å². The zero-order valence-electron chi connectivity index (χ0n) is 8.71. The second-order valence-corrected chi connectivity index (χ2v) is 6.26. The van der Waals surface area contributed by atoms with Gasteiger partial charge in [-0.3, -0.25) is 0 Å². The first-order valence-corrected chi connectivity index (χ1v) is 6.29. The summed E-state index contributed by atoms with van der Waals surface area (Å²) in [6, 6.07) is 0.877. The molecule has 4 fully saturated rings. The Hall–Kier alpha value is -0.0800. The first-order valence-electron chi connectivity index (χ1n) is 6.29. The highest BCUT2D eigenvalue weighted by Gasteiger charge is 2.64. The highest BCUT2D eigenvalue weighted by atomic mass is 15.1. The third-order valence-electron chi connectivity index (χ3n) is 5.32. The normalized spacial score (nSPS) is 55.9. The molecular formula is C12H20N2. The molecular weight excluding hydrogens is 172 g/mol. The van der Waals surface area contributed by atoms with Gasteiger partial charge in [0.05, 0.1) is 0 Å². The van der Waals surface area contributed by atoms with Gasteiger partial charge >= 0.3 is 0 Å². The summed E-state index contributed by atoms with van der Waals surface area (Å²) in [7, 11) is 0. The Morgan fingerprint density at radius 1 is 1.14 bits per heavy atom. The lowest BCUT2D eigenvalue weighted by Crippen LogP contribution is -2.38. The van der Waals surface area contributed by atoms with Crippen molar-refractivity contribution in [3.05, 3.63) is 0 Å². The Kier molecular flexibility index (Phi) is 1.37. The van der Waals surface area contributed by atoms with E-state index in [1.54, 1.807) is 6.42 Å². The summed E-state index contributed by atoms with van der Waals surface area (Å²) in [6.07, 6.45) is 7.10. The van der Waals surface area contributed by atoms with Crippen LogP contribution in [-0.2, 0) is 0 Å². The lowest BCUT2D eigenvalue weighted by atomic mass is 10.0. The van der Waals surface area contributed by atoms with Gasteiger partial charge in [0, 0.05) is 18.1 Å². The van der Waals surface area contributed by atoms with Crippen LogP contribution >= 0.6 is 0 Å². The second kappa shape index (κ2) is 2.35. The van der Waals surface area contributed by atoms with Crippen LogP contribution in [0.2, 0.25) is 0 Å². The molecule has 0 aliphatic heterocycles. The van der Waals surface area contributed by atoms with Crippen molar-refractivity contribution in [1.29, 1.82) is 0 Å². The first-order chi connectivity index (χ1) is 6.77. The zero-order chi connectivity index (χ0) is 9.34. The predicted octanol–water partition coefficient (Wildman–Crippen LogP) is 1.11. The summed E-state index contributed by atoms with van der Waals surface area (Å²) >= 11 is 0. The van der Waals surface area contributed by atoms with Crippen LogP contribution in [0.3, 0.4) is 0 Å². The van der Waals surface area contributed by atoms with Gasteiger partial charge in [0.2, 0.25) is 0 Å². The third kappa shape index (κ3) is 0.989. The fourth-order valence-corrected chi connectivity index (χ4v) is 4.26. The summed E-state index contributed by atoms with van der Waals surface area (Å²) in [5, 5.41) is 3.74. The van der Waals surface area contributed by atoms with E-state index in [1.807, 2.05) is 0 Å². The van der Waals surface area contributed by atoms with Crippen LogP contribution in [-0.4, -0.2) is 18.1 Å². The molecule has 4 aliphatic carbocycles. The Morgan fingerprint density at radius 3 is 2.36 bits per heavy atom. The molecule has 3 N–H and O–H groups in total. The Labute approximate surface area is 85.6 Å². The van der Waals surface area contributed by atoms with Gasteiger partial charge in [0.25, 0.3) is 0 Å². The molecule has 0 radical (unpaired) electrons. The topological polar surface area (TPSA) is 38.0 Å². The average molecular weight is 192 g/mol. The molecule has 4 aliphatic rings. The lowest BCUT2D eigenvalue weighted by Gasteiger charge is -2.13. The van der Waals surface area contributed by atoms with Gasteiger partial charge < -0.3 is 11.1 Å². The van der Waals surface area contributed by atoms with Crippen LogP contribution in [0.15, 0.2) is 0 Å². The average Bonchev–Trinajstić information content (AvgIpc) is 3.00. The Morgan fingerprint density at radius 2 is 1.79 bits per heavy atom. The van der Waals surface area contributed by atoms with Crippen molar-refractivity contribution in [2.45, 2.75) is 43.7 Å². The number of hydrogen-bond acceptors (Lipinski definition) is 2. The van der Waals surface area contributed by atoms with E-state index < -0.39 is 0 Å². The highest BCUT2D eigenvalue weighted by molar-refractivity contribution is 5.17. The van der Waals surface area contributed by atoms with E-state index in [9.17, 15) is 0 Å². The summed E-state index contributed by atoms with van der Waals surface area (Å²) in [6.45, 7) is 1.09. The van der Waals surface area contributed by atoms with Crippen LogP contribution in [0.5, 0.6) is 0 Å². The Balaban J connectivity index is 1.38. The van der Waals surface area contributed by atoms with Crippen molar-refractivity contribution in [3.8, 4) is 0 Å². The predicted molar refractivity (Wildman–Crippen MR) is 55.8 cm³/mol.